The van der Waals surface area contributed by atoms with Crippen molar-refractivity contribution in [2.24, 2.45) is 16.1 Å². The van der Waals surface area contributed by atoms with E-state index >= 15 is 0 Å². The summed E-state index contributed by atoms with van der Waals surface area (Å²) in [7, 11) is 0. The van der Waals surface area contributed by atoms with Gasteiger partial charge >= 0.3 is 12.1 Å². The van der Waals surface area contributed by atoms with Crippen LogP contribution < -0.4 is 21.5 Å². The smallest absolute Gasteiger partial charge is 0.413 e. The van der Waals surface area contributed by atoms with Crippen LogP contribution in [0.2, 0.25) is 0 Å². The maximum absolute atomic E-state index is 12.0. The largest absolute Gasteiger partial charge is 0.480 e. The predicted octanol–water partition coefficient (Wildman–Crippen LogP) is 2.86. The number of aromatic nitrogens is 1. The van der Waals surface area contributed by atoms with Crippen LogP contribution in [0.3, 0.4) is 0 Å². The van der Waals surface area contributed by atoms with Gasteiger partial charge in [0.15, 0.2) is 11.6 Å². The molecule has 0 saturated heterocycles. The van der Waals surface area contributed by atoms with Gasteiger partial charge < -0.3 is 26.6 Å². The van der Waals surface area contributed by atoms with Crippen molar-refractivity contribution in [3.8, 4) is 5.75 Å². The molecule has 1 heterocycles. The molecule has 0 bridgehead atoms. The number of rotatable bonds is 6. The molecule has 10 heteroatoms. The zero-order valence-electron chi connectivity index (χ0n) is 14.8. The van der Waals surface area contributed by atoms with Gasteiger partial charge in [-0.25, -0.2) is 14.6 Å². The fraction of sp³-hybridized carbons (Fsp3) is 0.235. The summed E-state index contributed by atoms with van der Waals surface area (Å²) in [4.78, 5) is 27.1. The Labute approximate surface area is 155 Å². The van der Waals surface area contributed by atoms with Gasteiger partial charge in [-0.3, -0.25) is 0 Å². The molecule has 142 valence electrons. The van der Waals surface area contributed by atoms with Crippen LogP contribution in [-0.4, -0.2) is 28.2 Å². The van der Waals surface area contributed by atoms with E-state index in [2.05, 4.69) is 20.5 Å². The highest BCUT2D eigenvalue weighted by Gasteiger charge is 2.24. The number of anilines is 2. The van der Waals surface area contributed by atoms with Crippen molar-refractivity contribution in [2.45, 2.75) is 19.9 Å². The lowest BCUT2D eigenvalue weighted by molar-refractivity contribution is -0.140. The molecule has 0 saturated carbocycles. The topological polar surface area (TPSA) is 165 Å². The molecule has 2 rings (SSSR count). The Bertz CT molecular complexity index is 868. The van der Waals surface area contributed by atoms with E-state index in [9.17, 15) is 9.59 Å². The van der Waals surface area contributed by atoms with E-state index in [1.165, 1.54) is 12.1 Å². The lowest BCUT2D eigenvalue weighted by Crippen LogP contribution is -2.45. The highest BCUT2D eigenvalue weighted by molar-refractivity contribution is 5.81. The number of azo groups is 1. The molecular formula is C17H20N6O4. The first-order valence-electron chi connectivity index (χ1n) is 8.02. The summed E-state index contributed by atoms with van der Waals surface area (Å²) >= 11 is 0. The van der Waals surface area contributed by atoms with Crippen molar-refractivity contribution in [1.82, 2.24) is 10.3 Å². The number of amides is 1. The summed E-state index contributed by atoms with van der Waals surface area (Å²) in [5.74, 6) is -0.998. The third-order valence-corrected chi connectivity index (χ3v) is 3.46. The van der Waals surface area contributed by atoms with Crippen molar-refractivity contribution in [2.75, 3.05) is 11.5 Å². The Morgan fingerprint density at radius 2 is 1.78 bits per heavy atom. The lowest BCUT2D eigenvalue weighted by atomic mass is 10.1. The summed E-state index contributed by atoms with van der Waals surface area (Å²) in [6.45, 7) is 3.35. The normalized spacial score (nSPS) is 12.1. The Kier molecular flexibility index (Phi) is 6.26. The molecule has 1 unspecified atom stereocenters. The number of pyridine rings is 1. The molecular weight excluding hydrogens is 352 g/mol. The summed E-state index contributed by atoms with van der Waals surface area (Å²) in [5.41, 5.74) is 11.8. The van der Waals surface area contributed by atoms with Gasteiger partial charge in [0.1, 0.15) is 23.2 Å². The number of nitrogens with two attached hydrogens (primary N) is 2. The maximum Gasteiger partial charge on any atom is 0.413 e. The second kappa shape index (κ2) is 8.61. The van der Waals surface area contributed by atoms with Gasteiger partial charge in [0.05, 0.1) is 0 Å². The minimum atomic E-state index is -1.15. The highest BCUT2D eigenvalue weighted by atomic mass is 16.6. The van der Waals surface area contributed by atoms with Crippen LogP contribution >= 0.6 is 0 Å². The first kappa shape index (κ1) is 19.6. The maximum atomic E-state index is 12.0. The number of benzene rings is 1. The number of aliphatic carboxylic acids is 1. The molecule has 1 amide bonds. The third-order valence-electron chi connectivity index (χ3n) is 3.46. The van der Waals surface area contributed by atoms with Crippen LogP contribution in [0.5, 0.6) is 5.75 Å². The summed E-state index contributed by atoms with van der Waals surface area (Å²) in [6.07, 6.45) is -0.910. The Morgan fingerprint density at radius 3 is 2.41 bits per heavy atom. The Hall–Kier alpha value is -3.69. The highest BCUT2D eigenvalue weighted by Crippen LogP contribution is 2.30. The molecule has 0 fully saturated rings. The van der Waals surface area contributed by atoms with E-state index in [1.807, 2.05) is 0 Å². The Balaban J connectivity index is 2.16. The van der Waals surface area contributed by atoms with Gasteiger partial charge in [-0.2, -0.15) is 0 Å². The quantitative estimate of drug-likeness (QED) is 0.566. The molecule has 0 aliphatic rings. The molecule has 2 aromatic rings. The number of carbonyl (C=O) groups excluding carboxylic acids is 1. The molecule has 27 heavy (non-hydrogen) atoms. The summed E-state index contributed by atoms with van der Waals surface area (Å²) in [5, 5.41) is 19.4. The van der Waals surface area contributed by atoms with Crippen molar-refractivity contribution in [3.63, 3.8) is 0 Å². The molecule has 1 aromatic carbocycles. The van der Waals surface area contributed by atoms with E-state index < -0.39 is 18.1 Å². The first-order chi connectivity index (χ1) is 12.8. The number of nitrogen functional groups attached to an aromatic ring is 2. The SMILES string of the molecule is CC(C)C(NC(=O)Oc1ccccc1/N=N/c1ccc(N)nc1N)C(=O)O. The van der Waals surface area contributed by atoms with Crippen LogP contribution in [0.1, 0.15) is 13.8 Å². The number of carboxylic acid groups (broad SMARTS) is 1. The Morgan fingerprint density at radius 1 is 1.11 bits per heavy atom. The third kappa shape index (κ3) is 5.39. The van der Waals surface area contributed by atoms with Crippen molar-refractivity contribution in [3.05, 3.63) is 36.4 Å². The van der Waals surface area contributed by atoms with E-state index in [0.29, 0.717) is 5.69 Å². The van der Waals surface area contributed by atoms with Gasteiger partial charge in [-0.1, -0.05) is 26.0 Å². The number of nitrogens with zero attached hydrogens (tertiary/aromatic N) is 3. The van der Waals surface area contributed by atoms with Crippen LogP contribution in [0.25, 0.3) is 0 Å². The van der Waals surface area contributed by atoms with E-state index in [0.717, 1.165) is 0 Å². The van der Waals surface area contributed by atoms with Gasteiger partial charge in [-0.05, 0) is 30.2 Å². The van der Waals surface area contributed by atoms with Crippen LogP contribution in [0.15, 0.2) is 46.6 Å². The second-order valence-corrected chi connectivity index (χ2v) is 5.90. The fourth-order valence-electron chi connectivity index (χ4n) is 2.07. The molecule has 0 aliphatic heterocycles. The molecule has 6 N–H and O–H groups in total. The lowest BCUT2D eigenvalue weighted by Gasteiger charge is -2.17. The average Bonchev–Trinajstić information content (AvgIpc) is 2.59. The number of nitrogens with one attached hydrogen (secondary N) is 1. The number of carboxylic acids is 1. The minimum absolute atomic E-state index is 0.105. The molecule has 1 atom stereocenters. The van der Waals surface area contributed by atoms with Crippen molar-refractivity contribution in [1.29, 1.82) is 0 Å². The number of ether oxygens (including phenoxy) is 1. The van der Waals surface area contributed by atoms with E-state index in [4.69, 9.17) is 21.3 Å². The van der Waals surface area contributed by atoms with Gasteiger partial charge in [-0.15, -0.1) is 10.2 Å². The van der Waals surface area contributed by atoms with Crippen molar-refractivity contribution >= 4 is 35.1 Å². The van der Waals surface area contributed by atoms with Crippen LogP contribution in [-0.2, 0) is 4.79 Å². The predicted molar refractivity (Wildman–Crippen MR) is 99.1 cm³/mol. The summed E-state index contributed by atoms with van der Waals surface area (Å²) in [6, 6.07) is 8.39. The molecule has 1 aromatic heterocycles. The van der Waals surface area contributed by atoms with Crippen LogP contribution in [0, 0.1) is 5.92 Å². The average molecular weight is 372 g/mol. The molecule has 0 radical (unpaired) electrons. The zero-order valence-corrected chi connectivity index (χ0v) is 14.8. The molecule has 10 nitrogen and oxygen atoms in total. The van der Waals surface area contributed by atoms with Crippen LogP contribution in [0.4, 0.5) is 27.8 Å². The number of hydrogen-bond donors (Lipinski definition) is 4. The van der Waals surface area contributed by atoms with E-state index in [1.54, 1.807) is 38.1 Å². The van der Waals surface area contributed by atoms with E-state index in [-0.39, 0.29) is 29.0 Å². The number of para-hydroxylation sites is 1. The van der Waals surface area contributed by atoms with Gasteiger partial charge in [0, 0.05) is 0 Å². The van der Waals surface area contributed by atoms with Gasteiger partial charge in [0.25, 0.3) is 0 Å². The van der Waals surface area contributed by atoms with Gasteiger partial charge in [0.2, 0.25) is 0 Å². The van der Waals surface area contributed by atoms with Crippen molar-refractivity contribution < 1.29 is 19.4 Å². The second-order valence-electron chi connectivity index (χ2n) is 5.90. The monoisotopic (exact) mass is 372 g/mol. The summed E-state index contributed by atoms with van der Waals surface area (Å²) < 4.78 is 5.18. The molecule has 0 spiro atoms. The zero-order chi connectivity index (χ0) is 20.0. The standard InChI is InChI=1S/C17H20N6O4/c1-9(2)14(16(24)25)21-17(26)27-12-6-4-3-5-10(12)22-23-11-7-8-13(18)20-15(11)19/h3-9,14H,1-2H3,(H,21,26)(H,24,25)(H4,18,19,20)/b23-22+. The first-order valence-corrected chi connectivity index (χ1v) is 8.02. The number of carbonyl (C=O) groups is 2. The molecule has 0 aliphatic carbocycles. The fourth-order valence-corrected chi connectivity index (χ4v) is 2.07. The number of hydrogen-bond acceptors (Lipinski definition) is 8. The minimum Gasteiger partial charge on any atom is -0.480 e.